The summed E-state index contributed by atoms with van der Waals surface area (Å²) in [5.41, 5.74) is 6.45. The predicted octanol–water partition coefficient (Wildman–Crippen LogP) is 0.988. The second-order valence-corrected chi connectivity index (χ2v) is 8.09. The molecule has 1 aromatic carbocycles. The van der Waals surface area contributed by atoms with Crippen molar-refractivity contribution >= 4 is 18.1 Å². The minimum absolute atomic E-state index is 0.0760. The van der Waals surface area contributed by atoms with E-state index < -0.39 is 12.7 Å². The number of alkyl halides is 3. The lowest BCUT2D eigenvalue weighted by Gasteiger charge is -2.34. The van der Waals surface area contributed by atoms with Gasteiger partial charge in [-0.05, 0) is 18.2 Å². The Morgan fingerprint density at radius 2 is 2.00 bits per heavy atom. The molecule has 1 aromatic heterocycles. The van der Waals surface area contributed by atoms with Gasteiger partial charge in [0, 0.05) is 44.5 Å². The van der Waals surface area contributed by atoms with E-state index in [1.807, 2.05) is 0 Å². The zero-order valence-electron chi connectivity index (χ0n) is 18.9. The van der Waals surface area contributed by atoms with Gasteiger partial charge in [-0.1, -0.05) is 0 Å². The van der Waals surface area contributed by atoms with E-state index >= 15 is 0 Å². The maximum Gasteiger partial charge on any atom is 0.408 e. The maximum atomic E-state index is 13.2. The first kappa shape index (κ1) is 24.7. The summed E-state index contributed by atoms with van der Waals surface area (Å²) in [6, 6.07) is 5.07. The number of nitrogens with two attached hydrogens (primary N) is 1. The van der Waals surface area contributed by atoms with Crippen LogP contribution in [0, 0.1) is 0 Å². The normalized spacial score (nSPS) is 17.1. The van der Waals surface area contributed by atoms with E-state index in [4.69, 9.17) is 15.6 Å². The maximum absolute atomic E-state index is 13.2. The smallest absolute Gasteiger partial charge is 0.408 e. The average Bonchev–Trinajstić information content (AvgIpc) is 3.17. The number of aliphatic hydroxyl groups is 1. The summed E-state index contributed by atoms with van der Waals surface area (Å²) in [6.45, 7) is 2.38. The molecular formula is C22H26F3N7O3. The second kappa shape index (κ2) is 10.4. The number of nitrogens with zero attached hydrogens (tertiary/aromatic N) is 6. The molecule has 1 amide bonds. The Labute approximate surface area is 199 Å². The van der Waals surface area contributed by atoms with E-state index in [9.17, 15) is 18.0 Å². The van der Waals surface area contributed by atoms with Crippen LogP contribution in [0.5, 0.6) is 5.75 Å². The molecule has 0 saturated carbocycles. The molecule has 0 aliphatic carbocycles. The highest BCUT2D eigenvalue weighted by Crippen LogP contribution is 2.33. The van der Waals surface area contributed by atoms with Gasteiger partial charge in [0.25, 0.3) is 5.91 Å². The van der Waals surface area contributed by atoms with Crippen LogP contribution < -0.4 is 10.5 Å². The minimum atomic E-state index is -4.49. The highest BCUT2D eigenvalue weighted by atomic mass is 19.4. The van der Waals surface area contributed by atoms with E-state index in [1.54, 1.807) is 33.9 Å². The topological polar surface area (TPSA) is 122 Å². The number of rotatable bonds is 5. The summed E-state index contributed by atoms with van der Waals surface area (Å²) in [7, 11) is 0. The zero-order chi connectivity index (χ0) is 25.0. The van der Waals surface area contributed by atoms with Crippen molar-refractivity contribution < 1.29 is 27.8 Å². The minimum Gasteiger partial charge on any atom is -0.491 e. The lowest BCUT2D eigenvalue weighted by atomic mass is 10.1. The molecule has 0 unspecified atom stereocenters. The van der Waals surface area contributed by atoms with Crippen molar-refractivity contribution in [1.82, 2.24) is 19.4 Å². The van der Waals surface area contributed by atoms with Gasteiger partial charge in [0.1, 0.15) is 30.4 Å². The Balaban J connectivity index is 1.63. The van der Waals surface area contributed by atoms with Gasteiger partial charge in [-0.3, -0.25) is 14.7 Å². The number of carbonyl (C=O) groups is 1. The molecule has 35 heavy (non-hydrogen) atoms. The van der Waals surface area contributed by atoms with Gasteiger partial charge in [-0.2, -0.15) is 13.2 Å². The average molecular weight is 493 g/mol. The number of hydrogen-bond donors (Lipinski definition) is 2. The Hall–Kier alpha value is -3.45. The van der Waals surface area contributed by atoms with Crippen LogP contribution in [0.1, 0.15) is 16.1 Å². The fourth-order valence-electron chi connectivity index (χ4n) is 4.05. The Morgan fingerprint density at radius 1 is 1.23 bits per heavy atom. The van der Waals surface area contributed by atoms with E-state index in [-0.39, 0.29) is 24.0 Å². The number of imidazole rings is 1. The Kier molecular flexibility index (Phi) is 7.36. The van der Waals surface area contributed by atoms with Crippen LogP contribution in [0.15, 0.2) is 34.4 Å². The van der Waals surface area contributed by atoms with E-state index in [1.165, 1.54) is 0 Å². The highest BCUT2D eigenvalue weighted by Gasteiger charge is 2.28. The number of amidine groups is 1. The van der Waals surface area contributed by atoms with Crippen LogP contribution in [0.4, 0.5) is 13.2 Å². The van der Waals surface area contributed by atoms with Gasteiger partial charge in [0.2, 0.25) is 0 Å². The molecule has 4 rings (SSSR count). The van der Waals surface area contributed by atoms with Crippen LogP contribution in [0.2, 0.25) is 0 Å². The van der Waals surface area contributed by atoms with Crippen LogP contribution in [0.25, 0.3) is 11.4 Å². The number of hydrogen-bond acceptors (Lipinski definition) is 6. The number of ether oxygens (including phenoxy) is 1. The summed E-state index contributed by atoms with van der Waals surface area (Å²) in [6.07, 6.45) is -2.08. The molecule has 1 fully saturated rings. The third kappa shape index (κ3) is 5.80. The van der Waals surface area contributed by atoms with E-state index in [0.717, 1.165) is 6.34 Å². The number of fused-ring (bicyclic) bond motifs is 3. The van der Waals surface area contributed by atoms with Crippen molar-refractivity contribution in [2.24, 2.45) is 15.7 Å². The molecule has 3 N–H and O–H groups in total. The standard InChI is InChI=1S/C22H26F3N7O3/c23-22(24,25)13-27-19(28-14-26)17-12-32-8-10-35-18-2-1-15(11-16(18)20(32)29-17)21(34)31-5-3-30(4-6-31)7-9-33/h1-2,11-12,14,33H,3-10,13H2,(H2,26,27,28). The number of amides is 1. The first-order valence-corrected chi connectivity index (χ1v) is 11.1. The number of halogens is 3. The SMILES string of the molecule is NC=NC(=NCC(F)(F)F)c1cn2c(n1)-c1cc(C(=O)N3CCN(CCO)CC3)ccc1OCC2. The Morgan fingerprint density at radius 3 is 2.69 bits per heavy atom. The molecule has 10 nitrogen and oxygen atoms in total. The van der Waals surface area contributed by atoms with Gasteiger partial charge < -0.3 is 25.0 Å². The molecule has 1 saturated heterocycles. The van der Waals surface area contributed by atoms with Gasteiger partial charge >= 0.3 is 6.18 Å². The quantitative estimate of drug-likeness (QED) is 0.473. The highest BCUT2D eigenvalue weighted by molar-refractivity contribution is 6.02. The molecule has 2 aliphatic rings. The molecule has 0 spiro atoms. The molecule has 188 valence electrons. The molecule has 0 radical (unpaired) electrons. The van der Waals surface area contributed by atoms with Gasteiger partial charge in [0.15, 0.2) is 5.84 Å². The second-order valence-electron chi connectivity index (χ2n) is 8.09. The number of aliphatic hydroxyl groups excluding tert-OH is 1. The summed E-state index contributed by atoms with van der Waals surface area (Å²) in [4.78, 5) is 28.8. The van der Waals surface area contributed by atoms with Gasteiger partial charge in [-0.15, -0.1) is 0 Å². The van der Waals surface area contributed by atoms with Gasteiger partial charge in [0.05, 0.1) is 25.1 Å². The summed E-state index contributed by atoms with van der Waals surface area (Å²) in [5.74, 6) is 0.572. The van der Waals surface area contributed by atoms with Crippen molar-refractivity contribution in [3.63, 3.8) is 0 Å². The van der Waals surface area contributed by atoms with Crippen LogP contribution in [-0.2, 0) is 6.54 Å². The van der Waals surface area contributed by atoms with E-state index in [2.05, 4.69) is 19.9 Å². The number of β-amino-alcohol motifs (C(OH)–C–C–N with tert-alkyl or cyclic N) is 1. The lowest BCUT2D eigenvalue weighted by molar-refractivity contribution is -0.118. The molecule has 2 aromatic rings. The van der Waals surface area contributed by atoms with Crippen LogP contribution >= 0.6 is 0 Å². The van der Waals surface area contributed by atoms with Crippen LogP contribution in [-0.4, -0.2) is 101 Å². The molecule has 2 aliphatic heterocycles. The Bertz CT molecular complexity index is 1120. The van der Waals surface area contributed by atoms with Crippen molar-refractivity contribution in [3.05, 3.63) is 35.7 Å². The number of benzene rings is 1. The van der Waals surface area contributed by atoms with Crippen molar-refractivity contribution in [2.45, 2.75) is 12.7 Å². The first-order chi connectivity index (χ1) is 16.8. The summed E-state index contributed by atoms with van der Waals surface area (Å²) < 4.78 is 45.6. The third-order valence-corrected chi connectivity index (χ3v) is 5.74. The number of aliphatic imine (C=N–C) groups is 2. The van der Waals surface area contributed by atoms with Gasteiger partial charge in [-0.25, -0.2) is 9.98 Å². The molecule has 3 heterocycles. The van der Waals surface area contributed by atoms with Crippen molar-refractivity contribution in [2.75, 3.05) is 52.5 Å². The van der Waals surface area contributed by atoms with E-state index in [0.29, 0.717) is 68.6 Å². The van der Waals surface area contributed by atoms with Crippen molar-refractivity contribution in [3.8, 4) is 17.1 Å². The largest absolute Gasteiger partial charge is 0.491 e. The summed E-state index contributed by atoms with van der Waals surface area (Å²) >= 11 is 0. The molecule has 0 atom stereocenters. The monoisotopic (exact) mass is 493 g/mol. The fraction of sp³-hybridized carbons (Fsp3) is 0.455. The first-order valence-electron chi connectivity index (χ1n) is 11.1. The number of carbonyl (C=O) groups excluding carboxylic acids is 1. The zero-order valence-corrected chi connectivity index (χ0v) is 18.9. The molecule has 0 bridgehead atoms. The van der Waals surface area contributed by atoms with Crippen LogP contribution in [0.3, 0.4) is 0 Å². The third-order valence-electron chi connectivity index (χ3n) is 5.74. The van der Waals surface area contributed by atoms with Crippen molar-refractivity contribution in [1.29, 1.82) is 0 Å². The number of piperazine rings is 1. The molecule has 13 heteroatoms. The molecular weight excluding hydrogens is 467 g/mol. The number of aromatic nitrogens is 2. The lowest BCUT2D eigenvalue weighted by Crippen LogP contribution is -2.49. The fourth-order valence-corrected chi connectivity index (χ4v) is 4.05. The summed E-state index contributed by atoms with van der Waals surface area (Å²) in [5, 5.41) is 9.11. The predicted molar refractivity (Wildman–Crippen MR) is 123 cm³/mol.